The Bertz CT molecular complexity index is 1010. The molecule has 1 saturated heterocycles. The highest BCUT2D eigenvalue weighted by atomic mass is 35.5. The topological polar surface area (TPSA) is 71.5 Å². The summed E-state index contributed by atoms with van der Waals surface area (Å²) in [6.45, 7) is 0.215. The summed E-state index contributed by atoms with van der Waals surface area (Å²) in [5.41, 5.74) is 0. The number of halogens is 2. The molecule has 2 aromatic rings. The lowest BCUT2D eigenvalue weighted by atomic mass is 10.3. The van der Waals surface area contributed by atoms with Crippen LogP contribution in [0.2, 0.25) is 5.02 Å². The quantitative estimate of drug-likeness (QED) is 0.749. The second-order valence-electron chi connectivity index (χ2n) is 6.08. The van der Waals surface area contributed by atoms with E-state index >= 15 is 0 Å². The van der Waals surface area contributed by atoms with Crippen LogP contribution in [0.1, 0.15) is 12.8 Å². The fraction of sp³-hybridized carbons (Fsp3) is 0.294. The predicted octanol–water partition coefficient (Wildman–Crippen LogP) is 3.11. The first-order chi connectivity index (χ1) is 12.2. The van der Waals surface area contributed by atoms with Gasteiger partial charge in [0.25, 0.3) is 0 Å². The zero-order chi connectivity index (χ0) is 18.9. The first-order valence-corrected chi connectivity index (χ1v) is 11.4. The van der Waals surface area contributed by atoms with Gasteiger partial charge in [0.05, 0.1) is 20.6 Å². The maximum absolute atomic E-state index is 13.3. The standard InChI is InChI=1S/C17H17ClFNO4S2/c18-16-11-15(8-9-17(16)19)26(23,24)20-10-4-5-13(20)12-25(21,22)14-6-2-1-3-7-14/h1-3,6-9,11,13H,4-5,10,12H2/t13-/m1/s1. The molecule has 1 aliphatic heterocycles. The first-order valence-electron chi connectivity index (χ1n) is 7.96. The van der Waals surface area contributed by atoms with Crippen molar-refractivity contribution in [2.45, 2.75) is 28.7 Å². The summed E-state index contributed by atoms with van der Waals surface area (Å²) >= 11 is 5.70. The van der Waals surface area contributed by atoms with Crippen molar-refractivity contribution < 1.29 is 21.2 Å². The third kappa shape index (κ3) is 3.78. The van der Waals surface area contributed by atoms with Gasteiger partial charge in [-0.3, -0.25) is 0 Å². The SMILES string of the molecule is O=S(=O)(C[C@H]1CCCN1S(=O)(=O)c1ccc(F)c(Cl)c1)c1ccccc1. The third-order valence-corrected chi connectivity index (χ3v) is 8.39. The van der Waals surface area contributed by atoms with Crippen LogP contribution in [-0.4, -0.2) is 39.5 Å². The Labute approximate surface area is 157 Å². The van der Waals surface area contributed by atoms with E-state index in [1.54, 1.807) is 18.2 Å². The van der Waals surface area contributed by atoms with Gasteiger partial charge in [0, 0.05) is 12.6 Å². The molecule has 0 amide bonds. The number of sulfonamides is 1. The second kappa shape index (κ2) is 7.26. The van der Waals surface area contributed by atoms with E-state index in [0.717, 1.165) is 18.2 Å². The zero-order valence-corrected chi connectivity index (χ0v) is 16.1. The van der Waals surface area contributed by atoms with E-state index in [1.165, 1.54) is 16.4 Å². The average Bonchev–Trinajstić information content (AvgIpc) is 3.06. The van der Waals surface area contributed by atoms with Crippen molar-refractivity contribution in [3.05, 3.63) is 59.4 Å². The lowest BCUT2D eigenvalue weighted by Gasteiger charge is -2.24. The van der Waals surface area contributed by atoms with Gasteiger partial charge >= 0.3 is 0 Å². The molecule has 1 aliphatic rings. The highest BCUT2D eigenvalue weighted by molar-refractivity contribution is 7.91. The molecule has 1 atom stereocenters. The lowest BCUT2D eigenvalue weighted by molar-refractivity contribution is 0.407. The van der Waals surface area contributed by atoms with Crippen LogP contribution in [0.25, 0.3) is 0 Å². The Balaban J connectivity index is 1.89. The smallest absolute Gasteiger partial charge is 0.224 e. The van der Waals surface area contributed by atoms with Gasteiger partial charge < -0.3 is 0 Å². The molecule has 3 rings (SSSR count). The molecule has 0 bridgehead atoms. The summed E-state index contributed by atoms with van der Waals surface area (Å²) in [5.74, 6) is -1.01. The van der Waals surface area contributed by atoms with E-state index in [2.05, 4.69) is 0 Å². The van der Waals surface area contributed by atoms with Crippen molar-refractivity contribution in [3.8, 4) is 0 Å². The van der Waals surface area contributed by atoms with Gasteiger partial charge in [-0.05, 0) is 43.2 Å². The average molecular weight is 418 g/mol. The van der Waals surface area contributed by atoms with Crippen LogP contribution in [0.3, 0.4) is 0 Å². The molecule has 0 unspecified atom stereocenters. The molecule has 0 radical (unpaired) electrons. The fourth-order valence-electron chi connectivity index (χ4n) is 3.04. The van der Waals surface area contributed by atoms with E-state index in [-0.39, 0.29) is 27.1 Å². The number of benzene rings is 2. The van der Waals surface area contributed by atoms with Crippen LogP contribution in [0, 0.1) is 5.82 Å². The van der Waals surface area contributed by atoms with Crippen molar-refractivity contribution in [2.24, 2.45) is 0 Å². The molecular formula is C17H17ClFNO4S2. The summed E-state index contributed by atoms with van der Waals surface area (Å²) in [7, 11) is -7.59. The molecule has 0 spiro atoms. The third-order valence-electron chi connectivity index (χ3n) is 4.33. The van der Waals surface area contributed by atoms with Gasteiger partial charge in [0.1, 0.15) is 5.82 Å². The molecule has 0 aliphatic carbocycles. The van der Waals surface area contributed by atoms with Gasteiger partial charge in [0.15, 0.2) is 9.84 Å². The molecule has 1 fully saturated rings. The zero-order valence-electron chi connectivity index (χ0n) is 13.7. The molecule has 0 N–H and O–H groups in total. The molecule has 140 valence electrons. The molecule has 0 aromatic heterocycles. The van der Waals surface area contributed by atoms with Gasteiger partial charge in [-0.25, -0.2) is 21.2 Å². The summed E-state index contributed by atoms with van der Waals surface area (Å²) in [6, 6.07) is 10.4. The maximum atomic E-state index is 13.3. The second-order valence-corrected chi connectivity index (χ2v) is 10.4. The summed E-state index contributed by atoms with van der Waals surface area (Å²) < 4.78 is 65.5. The van der Waals surface area contributed by atoms with Gasteiger partial charge in [-0.1, -0.05) is 29.8 Å². The normalized spacial score (nSPS) is 18.9. The van der Waals surface area contributed by atoms with Crippen LogP contribution in [-0.2, 0) is 19.9 Å². The van der Waals surface area contributed by atoms with Gasteiger partial charge in [-0.2, -0.15) is 4.31 Å². The minimum atomic E-state index is -3.96. The van der Waals surface area contributed by atoms with Crippen molar-refractivity contribution in [1.29, 1.82) is 0 Å². The molecular weight excluding hydrogens is 401 g/mol. The molecule has 26 heavy (non-hydrogen) atoms. The van der Waals surface area contributed by atoms with Crippen molar-refractivity contribution >= 4 is 31.5 Å². The van der Waals surface area contributed by atoms with Crippen LogP contribution in [0.4, 0.5) is 4.39 Å². The van der Waals surface area contributed by atoms with E-state index in [4.69, 9.17) is 11.6 Å². The Hall–Kier alpha value is -1.48. The number of hydrogen-bond donors (Lipinski definition) is 0. The monoisotopic (exact) mass is 417 g/mol. The fourth-order valence-corrected chi connectivity index (χ4v) is 6.72. The molecule has 5 nitrogen and oxygen atoms in total. The summed E-state index contributed by atoms with van der Waals surface area (Å²) in [4.78, 5) is 0.0157. The number of hydrogen-bond acceptors (Lipinski definition) is 4. The van der Waals surface area contributed by atoms with E-state index in [9.17, 15) is 21.2 Å². The van der Waals surface area contributed by atoms with Crippen molar-refractivity contribution in [2.75, 3.05) is 12.3 Å². The predicted molar refractivity (Wildman–Crippen MR) is 96.8 cm³/mol. The molecule has 9 heteroatoms. The Kier molecular flexibility index (Phi) is 5.39. The lowest BCUT2D eigenvalue weighted by Crippen LogP contribution is -2.39. The van der Waals surface area contributed by atoms with Crippen molar-refractivity contribution in [1.82, 2.24) is 4.31 Å². The minimum Gasteiger partial charge on any atom is -0.224 e. The number of nitrogens with zero attached hydrogens (tertiary/aromatic N) is 1. The summed E-state index contributed by atoms with van der Waals surface area (Å²) in [5, 5.41) is -0.293. The van der Waals surface area contributed by atoms with E-state index in [1.807, 2.05) is 0 Å². The van der Waals surface area contributed by atoms with Crippen molar-refractivity contribution in [3.63, 3.8) is 0 Å². The van der Waals surface area contributed by atoms with Crippen LogP contribution in [0.15, 0.2) is 58.3 Å². The van der Waals surface area contributed by atoms with E-state index < -0.39 is 31.7 Å². The first kappa shape index (κ1) is 19.3. The van der Waals surface area contributed by atoms with Crippen LogP contribution in [0.5, 0.6) is 0 Å². The minimum absolute atomic E-state index is 0.145. The highest BCUT2D eigenvalue weighted by Crippen LogP contribution is 2.30. The van der Waals surface area contributed by atoms with Gasteiger partial charge in [-0.15, -0.1) is 0 Å². The number of rotatable bonds is 5. The number of sulfone groups is 1. The largest absolute Gasteiger partial charge is 0.243 e. The molecule has 0 saturated carbocycles. The molecule has 2 aromatic carbocycles. The Morgan fingerprint density at radius 2 is 1.73 bits per heavy atom. The van der Waals surface area contributed by atoms with Crippen LogP contribution >= 0.6 is 11.6 Å². The van der Waals surface area contributed by atoms with Gasteiger partial charge in [0.2, 0.25) is 10.0 Å². The van der Waals surface area contributed by atoms with Crippen LogP contribution < -0.4 is 0 Å². The Morgan fingerprint density at radius 1 is 1.04 bits per heavy atom. The summed E-state index contributed by atoms with van der Waals surface area (Å²) in [6.07, 6.45) is 1.00. The van der Waals surface area contributed by atoms with E-state index in [0.29, 0.717) is 12.8 Å². The highest BCUT2D eigenvalue weighted by Gasteiger charge is 2.38. The molecule has 1 heterocycles. The maximum Gasteiger partial charge on any atom is 0.243 e. The Morgan fingerprint density at radius 3 is 2.38 bits per heavy atom.